The van der Waals surface area contributed by atoms with Crippen LogP contribution in [0.2, 0.25) is 0 Å². The number of hydrogen-bond donors (Lipinski definition) is 2. The Labute approximate surface area is 122 Å². The molecule has 1 amide bonds. The van der Waals surface area contributed by atoms with Crippen LogP contribution in [0, 0.1) is 11.8 Å². The third-order valence-corrected chi connectivity index (χ3v) is 3.68. The van der Waals surface area contributed by atoms with Crippen molar-refractivity contribution in [1.29, 1.82) is 0 Å². The van der Waals surface area contributed by atoms with E-state index in [1.807, 2.05) is 42.6 Å². The van der Waals surface area contributed by atoms with E-state index in [4.69, 9.17) is 5.11 Å². The Morgan fingerprint density at radius 3 is 2.70 bits per heavy atom. The lowest BCUT2D eigenvalue weighted by atomic mass is 10.1. The highest BCUT2D eigenvalue weighted by Crippen LogP contribution is 2.15. The minimum absolute atomic E-state index is 0.0587. The average molecular weight is 285 g/mol. The third kappa shape index (κ3) is 3.70. The minimum Gasteiger partial charge on any atom is -0.384 e. The SMILES string of the molecule is CC(NC(=O)c1cccs1)c1ccc(C#CCO)cc1. The number of amides is 1. The van der Waals surface area contributed by atoms with E-state index >= 15 is 0 Å². The summed E-state index contributed by atoms with van der Waals surface area (Å²) in [7, 11) is 0. The molecule has 1 aromatic heterocycles. The number of benzene rings is 1. The van der Waals surface area contributed by atoms with E-state index in [0.29, 0.717) is 4.88 Å². The maximum absolute atomic E-state index is 11.9. The second kappa shape index (κ2) is 6.90. The molecule has 20 heavy (non-hydrogen) atoms. The quantitative estimate of drug-likeness (QED) is 0.852. The lowest BCUT2D eigenvalue weighted by molar-refractivity contribution is 0.0944. The Bertz CT molecular complexity index is 621. The summed E-state index contributed by atoms with van der Waals surface area (Å²) in [6.07, 6.45) is 0. The number of hydrogen-bond acceptors (Lipinski definition) is 3. The van der Waals surface area contributed by atoms with E-state index in [2.05, 4.69) is 17.2 Å². The Balaban J connectivity index is 2.02. The van der Waals surface area contributed by atoms with Crippen molar-refractivity contribution in [2.45, 2.75) is 13.0 Å². The van der Waals surface area contributed by atoms with Crippen LogP contribution in [0.25, 0.3) is 0 Å². The number of aliphatic hydroxyl groups is 1. The van der Waals surface area contributed by atoms with Crippen LogP contribution in [0.1, 0.15) is 33.8 Å². The van der Waals surface area contributed by atoms with Gasteiger partial charge in [0.15, 0.2) is 0 Å². The van der Waals surface area contributed by atoms with Gasteiger partial charge in [-0.05, 0) is 36.1 Å². The van der Waals surface area contributed by atoms with Gasteiger partial charge in [-0.25, -0.2) is 0 Å². The van der Waals surface area contributed by atoms with Crippen LogP contribution in [0.15, 0.2) is 41.8 Å². The molecule has 0 aliphatic rings. The van der Waals surface area contributed by atoms with Gasteiger partial charge in [-0.15, -0.1) is 11.3 Å². The summed E-state index contributed by atoms with van der Waals surface area (Å²) >= 11 is 1.43. The molecule has 0 saturated carbocycles. The van der Waals surface area contributed by atoms with Gasteiger partial charge in [0.1, 0.15) is 6.61 Å². The fourth-order valence-electron chi connectivity index (χ4n) is 1.76. The molecule has 1 unspecified atom stereocenters. The van der Waals surface area contributed by atoms with Gasteiger partial charge < -0.3 is 10.4 Å². The van der Waals surface area contributed by atoms with Crippen molar-refractivity contribution in [3.63, 3.8) is 0 Å². The molecule has 2 N–H and O–H groups in total. The molecule has 3 nitrogen and oxygen atoms in total. The summed E-state index contributed by atoms with van der Waals surface area (Å²) < 4.78 is 0. The normalized spacial score (nSPS) is 11.3. The van der Waals surface area contributed by atoms with E-state index in [9.17, 15) is 4.79 Å². The van der Waals surface area contributed by atoms with Crippen LogP contribution in [0.3, 0.4) is 0 Å². The van der Waals surface area contributed by atoms with Crippen LogP contribution < -0.4 is 5.32 Å². The van der Waals surface area contributed by atoms with Crippen LogP contribution in [0.5, 0.6) is 0 Å². The van der Waals surface area contributed by atoms with Gasteiger partial charge in [-0.3, -0.25) is 4.79 Å². The van der Waals surface area contributed by atoms with Crippen molar-refractivity contribution in [3.8, 4) is 11.8 Å². The Morgan fingerprint density at radius 2 is 2.10 bits per heavy atom. The highest BCUT2D eigenvalue weighted by atomic mass is 32.1. The minimum atomic E-state index is -0.144. The molecule has 102 valence electrons. The molecule has 0 aliphatic heterocycles. The van der Waals surface area contributed by atoms with Crippen LogP contribution in [-0.2, 0) is 0 Å². The number of aliphatic hydroxyl groups excluding tert-OH is 1. The standard InChI is InChI=1S/C16H15NO2S/c1-12(17-16(19)15-5-3-11-20-15)14-8-6-13(7-9-14)4-2-10-18/h3,5-9,11-12,18H,10H2,1H3,(H,17,19). The van der Waals surface area contributed by atoms with Gasteiger partial charge in [-0.1, -0.05) is 30.0 Å². The Morgan fingerprint density at radius 1 is 1.35 bits per heavy atom. The molecular weight excluding hydrogens is 270 g/mol. The topological polar surface area (TPSA) is 49.3 Å². The van der Waals surface area contributed by atoms with Gasteiger partial charge >= 0.3 is 0 Å². The van der Waals surface area contributed by atoms with Crippen LogP contribution in [0.4, 0.5) is 0 Å². The number of nitrogens with one attached hydrogen (secondary N) is 1. The molecule has 2 rings (SSSR count). The number of carbonyl (C=O) groups is 1. The molecule has 1 atom stereocenters. The maximum Gasteiger partial charge on any atom is 0.261 e. The molecule has 4 heteroatoms. The molecule has 1 aromatic carbocycles. The largest absolute Gasteiger partial charge is 0.384 e. The van der Waals surface area contributed by atoms with Crippen LogP contribution in [-0.4, -0.2) is 17.6 Å². The predicted octanol–water partition coefficient (Wildman–Crippen LogP) is 2.58. The second-order valence-electron chi connectivity index (χ2n) is 4.25. The van der Waals surface area contributed by atoms with Gasteiger partial charge in [-0.2, -0.15) is 0 Å². The highest BCUT2D eigenvalue weighted by Gasteiger charge is 2.11. The summed E-state index contributed by atoms with van der Waals surface area (Å²) in [5, 5.41) is 13.5. The molecule has 2 aromatic rings. The predicted molar refractivity (Wildman–Crippen MR) is 80.6 cm³/mol. The van der Waals surface area contributed by atoms with Crippen molar-refractivity contribution >= 4 is 17.2 Å². The average Bonchev–Trinajstić information content (AvgIpc) is 3.00. The first-order chi connectivity index (χ1) is 9.70. The van der Waals surface area contributed by atoms with Crippen LogP contribution >= 0.6 is 11.3 Å². The Kier molecular flexibility index (Phi) is 4.94. The van der Waals surface area contributed by atoms with E-state index < -0.39 is 0 Å². The number of carbonyl (C=O) groups excluding carboxylic acids is 1. The van der Waals surface area contributed by atoms with E-state index in [0.717, 1.165) is 11.1 Å². The molecular formula is C16H15NO2S. The van der Waals surface area contributed by atoms with Gasteiger partial charge in [0.2, 0.25) is 0 Å². The van der Waals surface area contributed by atoms with Crippen molar-refractivity contribution < 1.29 is 9.90 Å². The zero-order valence-corrected chi connectivity index (χ0v) is 11.9. The summed E-state index contributed by atoms with van der Waals surface area (Å²) in [6, 6.07) is 11.2. The molecule has 0 radical (unpaired) electrons. The molecule has 0 saturated heterocycles. The summed E-state index contributed by atoms with van der Waals surface area (Å²) in [4.78, 5) is 12.7. The zero-order chi connectivity index (χ0) is 14.4. The molecule has 0 bridgehead atoms. The molecule has 0 spiro atoms. The maximum atomic E-state index is 11.9. The smallest absolute Gasteiger partial charge is 0.261 e. The van der Waals surface area contributed by atoms with Crippen molar-refractivity contribution in [3.05, 3.63) is 57.8 Å². The third-order valence-electron chi connectivity index (χ3n) is 2.82. The first kappa shape index (κ1) is 14.3. The Hall–Kier alpha value is -2.09. The van der Waals surface area contributed by atoms with Crippen molar-refractivity contribution in [1.82, 2.24) is 5.32 Å². The summed E-state index contributed by atoms with van der Waals surface area (Å²) in [5.74, 6) is 5.38. The first-order valence-electron chi connectivity index (χ1n) is 6.25. The fourth-order valence-corrected chi connectivity index (χ4v) is 2.38. The molecule has 0 fully saturated rings. The van der Waals surface area contributed by atoms with E-state index in [1.165, 1.54) is 11.3 Å². The lowest BCUT2D eigenvalue weighted by Gasteiger charge is -2.13. The monoisotopic (exact) mass is 285 g/mol. The fraction of sp³-hybridized carbons (Fsp3) is 0.188. The summed E-state index contributed by atoms with van der Waals surface area (Å²) in [6.45, 7) is 1.80. The van der Waals surface area contributed by atoms with E-state index in [-0.39, 0.29) is 18.6 Å². The van der Waals surface area contributed by atoms with Gasteiger partial charge in [0, 0.05) is 5.56 Å². The van der Waals surface area contributed by atoms with Crippen molar-refractivity contribution in [2.75, 3.05) is 6.61 Å². The van der Waals surface area contributed by atoms with Crippen molar-refractivity contribution in [2.24, 2.45) is 0 Å². The highest BCUT2D eigenvalue weighted by molar-refractivity contribution is 7.12. The van der Waals surface area contributed by atoms with Gasteiger partial charge in [0.05, 0.1) is 10.9 Å². The molecule has 1 heterocycles. The number of rotatable bonds is 3. The van der Waals surface area contributed by atoms with Gasteiger partial charge in [0.25, 0.3) is 5.91 Å². The molecule has 0 aliphatic carbocycles. The number of thiophene rings is 1. The van der Waals surface area contributed by atoms with E-state index in [1.54, 1.807) is 6.07 Å². The summed E-state index contributed by atoms with van der Waals surface area (Å²) in [5.41, 5.74) is 1.86. The second-order valence-corrected chi connectivity index (χ2v) is 5.20. The first-order valence-corrected chi connectivity index (χ1v) is 7.12. The lowest BCUT2D eigenvalue weighted by Crippen LogP contribution is -2.25. The zero-order valence-electron chi connectivity index (χ0n) is 11.1.